The molecule has 26 heavy (non-hydrogen) atoms. The summed E-state index contributed by atoms with van der Waals surface area (Å²) in [7, 11) is 0. The van der Waals surface area contributed by atoms with Gasteiger partial charge in [-0.05, 0) is 17.7 Å². The lowest BCUT2D eigenvalue weighted by Gasteiger charge is -1.97. The summed E-state index contributed by atoms with van der Waals surface area (Å²) in [4.78, 5) is 27.3. The van der Waals surface area contributed by atoms with Gasteiger partial charge in [0.1, 0.15) is 17.1 Å². The summed E-state index contributed by atoms with van der Waals surface area (Å²) in [5, 5.41) is 29.9. The van der Waals surface area contributed by atoms with Gasteiger partial charge in [-0.2, -0.15) is 10.2 Å². The highest BCUT2D eigenvalue weighted by atomic mass is 32.1. The Kier molecular flexibility index (Phi) is 5.24. The Labute approximate surface area is 150 Å². The smallest absolute Gasteiger partial charge is 0.294 e. The van der Waals surface area contributed by atoms with Crippen molar-refractivity contribution in [1.29, 1.82) is 0 Å². The SMILES string of the molecule is O=C(Cc1nnc(NC(=O)c2ncn[nH]2)s1)N/N=C\c1cccc(O)c1. The Morgan fingerprint density at radius 2 is 2.23 bits per heavy atom. The summed E-state index contributed by atoms with van der Waals surface area (Å²) in [6.45, 7) is 0. The van der Waals surface area contributed by atoms with Crippen molar-refractivity contribution in [1.82, 2.24) is 30.8 Å². The maximum Gasteiger partial charge on any atom is 0.294 e. The number of amides is 2. The van der Waals surface area contributed by atoms with E-state index in [0.717, 1.165) is 11.3 Å². The molecule has 4 N–H and O–H groups in total. The highest BCUT2D eigenvalue weighted by Crippen LogP contribution is 2.16. The Morgan fingerprint density at radius 3 is 3.00 bits per heavy atom. The number of aromatic amines is 1. The number of hydrogen-bond acceptors (Lipinski definition) is 9. The van der Waals surface area contributed by atoms with Crippen molar-refractivity contribution in [2.75, 3.05) is 5.32 Å². The topological polar surface area (TPSA) is 158 Å². The molecule has 0 aliphatic heterocycles. The van der Waals surface area contributed by atoms with Crippen LogP contribution in [0, 0.1) is 0 Å². The van der Waals surface area contributed by atoms with Crippen LogP contribution in [0.15, 0.2) is 35.7 Å². The average Bonchev–Trinajstić information content (AvgIpc) is 3.27. The van der Waals surface area contributed by atoms with Crippen molar-refractivity contribution < 1.29 is 14.7 Å². The first-order chi connectivity index (χ1) is 12.6. The van der Waals surface area contributed by atoms with Gasteiger partial charge in [0.25, 0.3) is 5.91 Å². The highest BCUT2D eigenvalue weighted by molar-refractivity contribution is 7.15. The van der Waals surface area contributed by atoms with Gasteiger partial charge in [-0.15, -0.1) is 10.2 Å². The van der Waals surface area contributed by atoms with E-state index in [1.807, 2.05) is 0 Å². The summed E-state index contributed by atoms with van der Waals surface area (Å²) in [6.07, 6.45) is 2.57. The minimum atomic E-state index is -0.509. The Bertz CT molecular complexity index is 937. The van der Waals surface area contributed by atoms with Crippen molar-refractivity contribution in [3.63, 3.8) is 0 Å². The first kappa shape index (κ1) is 17.2. The second kappa shape index (κ2) is 7.94. The second-order valence-corrected chi connectivity index (χ2v) is 5.92. The van der Waals surface area contributed by atoms with Gasteiger partial charge >= 0.3 is 0 Å². The molecule has 0 atom stereocenters. The number of hydrogen-bond donors (Lipinski definition) is 4. The fourth-order valence-corrected chi connectivity index (χ4v) is 2.54. The van der Waals surface area contributed by atoms with Crippen molar-refractivity contribution >= 4 is 34.5 Å². The number of phenolic OH excluding ortho intramolecular Hbond substituents is 1. The molecule has 12 heteroatoms. The fourth-order valence-electron chi connectivity index (χ4n) is 1.81. The standard InChI is InChI=1S/C14H12N8O3S/c23-9-3-1-2-8(4-9)6-16-19-10(24)5-11-20-22-14(26-11)18-13(25)12-15-7-17-21-12/h1-4,6-7,23H,5H2,(H,19,24)(H,15,17,21)(H,18,22,25)/b16-6-. The number of H-pyrrole nitrogens is 1. The van der Waals surface area contributed by atoms with Crippen LogP contribution in [0.3, 0.4) is 0 Å². The number of nitrogens with zero attached hydrogens (tertiary/aromatic N) is 5. The van der Waals surface area contributed by atoms with Gasteiger partial charge in [0.2, 0.25) is 16.9 Å². The fraction of sp³-hybridized carbons (Fsp3) is 0.0714. The summed E-state index contributed by atoms with van der Waals surface area (Å²) in [5.41, 5.74) is 2.99. The van der Waals surface area contributed by atoms with Gasteiger partial charge in [-0.3, -0.25) is 20.0 Å². The molecule has 11 nitrogen and oxygen atoms in total. The van der Waals surface area contributed by atoms with Crippen LogP contribution in [0.2, 0.25) is 0 Å². The maximum absolute atomic E-state index is 11.8. The third kappa shape index (κ3) is 4.67. The summed E-state index contributed by atoms with van der Waals surface area (Å²) in [6, 6.07) is 6.42. The van der Waals surface area contributed by atoms with E-state index in [0.29, 0.717) is 10.6 Å². The molecule has 3 aromatic rings. The van der Waals surface area contributed by atoms with Crippen molar-refractivity contribution in [3.8, 4) is 5.75 Å². The van der Waals surface area contributed by atoms with Crippen LogP contribution in [0.5, 0.6) is 5.75 Å². The third-order valence-corrected chi connectivity index (χ3v) is 3.74. The van der Waals surface area contributed by atoms with E-state index in [-0.39, 0.29) is 23.1 Å². The summed E-state index contributed by atoms with van der Waals surface area (Å²) in [5.74, 6) is -0.758. The molecule has 0 bridgehead atoms. The van der Waals surface area contributed by atoms with E-state index < -0.39 is 11.8 Å². The Hall–Kier alpha value is -3.67. The molecular weight excluding hydrogens is 360 g/mol. The van der Waals surface area contributed by atoms with E-state index in [9.17, 15) is 14.7 Å². The lowest BCUT2D eigenvalue weighted by atomic mass is 10.2. The van der Waals surface area contributed by atoms with E-state index in [1.165, 1.54) is 24.7 Å². The lowest BCUT2D eigenvalue weighted by molar-refractivity contribution is -0.120. The quantitative estimate of drug-likeness (QED) is 0.358. The molecule has 0 aliphatic carbocycles. The number of aromatic hydroxyl groups is 1. The molecule has 132 valence electrons. The van der Waals surface area contributed by atoms with Gasteiger partial charge in [-0.1, -0.05) is 23.5 Å². The number of nitrogens with one attached hydrogen (secondary N) is 3. The number of phenols is 1. The summed E-state index contributed by atoms with van der Waals surface area (Å²) >= 11 is 1.06. The van der Waals surface area contributed by atoms with Crippen LogP contribution in [0.1, 0.15) is 21.2 Å². The zero-order valence-corrected chi connectivity index (χ0v) is 13.9. The van der Waals surface area contributed by atoms with E-state index in [1.54, 1.807) is 12.1 Å². The van der Waals surface area contributed by atoms with Crippen LogP contribution in [-0.4, -0.2) is 48.5 Å². The largest absolute Gasteiger partial charge is 0.508 e. The van der Waals surface area contributed by atoms with E-state index in [4.69, 9.17) is 0 Å². The Morgan fingerprint density at radius 1 is 1.35 bits per heavy atom. The number of carbonyl (C=O) groups excluding carboxylic acids is 2. The van der Waals surface area contributed by atoms with Crippen LogP contribution < -0.4 is 10.7 Å². The van der Waals surface area contributed by atoms with Crippen molar-refractivity contribution in [2.45, 2.75) is 6.42 Å². The van der Waals surface area contributed by atoms with Gasteiger partial charge < -0.3 is 5.11 Å². The zero-order valence-electron chi connectivity index (χ0n) is 13.1. The molecule has 0 radical (unpaired) electrons. The Balaban J connectivity index is 1.50. The van der Waals surface area contributed by atoms with Gasteiger partial charge in [0.15, 0.2) is 0 Å². The number of hydrazone groups is 1. The van der Waals surface area contributed by atoms with Crippen LogP contribution in [0.4, 0.5) is 5.13 Å². The molecular formula is C14H12N8O3S. The van der Waals surface area contributed by atoms with Crippen LogP contribution in [0.25, 0.3) is 0 Å². The van der Waals surface area contributed by atoms with Crippen LogP contribution >= 0.6 is 11.3 Å². The normalized spacial score (nSPS) is 10.8. The lowest BCUT2D eigenvalue weighted by Crippen LogP contribution is -2.19. The van der Waals surface area contributed by atoms with E-state index >= 15 is 0 Å². The number of rotatable bonds is 6. The van der Waals surface area contributed by atoms with E-state index in [2.05, 4.69) is 41.2 Å². The first-order valence-corrected chi connectivity index (χ1v) is 8.02. The highest BCUT2D eigenvalue weighted by Gasteiger charge is 2.13. The molecule has 0 fully saturated rings. The number of aromatic nitrogens is 5. The van der Waals surface area contributed by atoms with Crippen LogP contribution in [-0.2, 0) is 11.2 Å². The van der Waals surface area contributed by atoms with Crippen molar-refractivity contribution in [2.24, 2.45) is 5.10 Å². The molecule has 0 saturated carbocycles. The van der Waals surface area contributed by atoms with Gasteiger partial charge in [-0.25, -0.2) is 10.4 Å². The molecule has 2 amide bonds. The zero-order chi connectivity index (χ0) is 18.4. The van der Waals surface area contributed by atoms with Gasteiger partial charge in [0, 0.05) is 0 Å². The number of benzene rings is 1. The number of carbonyl (C=O) groups is 2. The average molecular weight is 372 g/mol. The molecule has 0 spiro atoms. The molecule has 3 rings (SSSR count). The maximum atomic E-state index is 11.8. The first-order valence-electron chi connectivity index (χ1n) is 7.20. The second-order valence-electron chi connectivity index (χ2n) is 4.85. The van der Waals surface area contributed by atoms with Gasteiger partial charge in [0.05, 0.1) is 12.6 Å². The molecule has 2 heterocycles. The summed E-state index contributed by atoms with van der Waals surface area (Å²) < 4.78 is 0. The predicted molar refractivity (Wildman–Crippen MR) is 91.8 cm³/mol. The molecule has 0 saturated heterocycles. The molecule has 0 unspecified atom stereocenters. The molecule has 2 aromatic heterocycles. The minimum absolute atomic E-state index is 0.0424. The molecule has 0 aliphatic rings. The van der Waals surface area contributed by atoms with Crippen molar-refractivity contribution in [3.05, 3.63) is 47.0 Å². The molecule has 1 aromatic carbocycles. The predicted octanol–water partition coefficient (Wildman–Crippen LogP) is 0.307. The number of anilines is 1. The monoisotopic (exact) mass is 372 g/mol. The minimum Gasteiger partial charge on any atom is -0.508 e. The third-order valence-electron chi connectivity index (χ3n) is 2.90.